The minimum absolute atomic E-state index is 0.478. The first-order valence-corrected chi connectivity index (χ1v) is 7.09. The molecule has 0 heterocycles. The van der Waals surface area contributed by atoms with E-state index in [0.717, 1.165) is 24.2 Å². The molecule has 0 amide bonds. The van der Waals surface area contributed by atoms with Gasteiger partial charge in [0.15, 0.2) is 0 Å². The SMILES string of the molecule is CCc1ccc(Cc2ccc(OC)c(CCl)c2)cc1. The zero-order valence-electron chi connectivity index (χ0n) is 11.4. The van der Waals surface area contributed by atoms with Gasteiger partial charge in [0.1, 0.15) is 5.75 Å². The average molecular weight is 275 g/mol. The van der Waals surface area contributed by atoms with E-state index in [2.05, 4.69) is 43.3 Å². The summed E-state index contributed by atoms with van der Waals surface area (Å²) >= 11 is 5.95. The molecule has 0 N–H and O–H groups in total. The monoisotopic (exact) mass is 274 g/mol. The molecule has 0 aromatic heterocycles. The fourth-order valence-electron chi connectivity index (χ4n) is 2.17. The predicted octanol–water partition coefficient (Wildman–Crippen LogP) is 4.59. The van der Waals surface area contributed by atoms with E-state index in [1.807, 2.05) is 6.07 Å². The third kappa shape index (κ3) is 3.51. The Hall–Kier alpha value is -1.47. The Labute approximate surface area is 120 Å². The molecule has 0 atom stereocenters. The van der Waals surface area contributed by atoms with Gasteiger partial charge in [0.05, 0.1) is 13.0 Å². The standard InChI is InChI=1S/C17H19ClO/c1-3-13-4-6-14(7-5-13)10-15-8-9-17(19-2)16(11-15)12-18/h4-9,11H,3,10,12H2,1-2H3. The number of hydrogen-bond acceptors (Lipinski definition) is 1. The molecule has 0 aliphatic heterocycles. The summed E-state index contributed by atoms with van der Waals surface area (Å²) in [6.07, 6.45) is 2.01. The van der Waals surface area contributed by atoms with E-state index in [-0.39, 0.29) is 0 Å². The molecule has 0 aliphatic rings. The predicted molar refractivity (Wildman–Crippen MR) is 81.2 cm³/mol. The van der Waals surface area contributed by atoms with E-state index >= 15 is 0 Å². The lowest BCUT2D eigenvalue weighted by molar-refractivity contribution is 0.411. The van der Waals surface area contributed by atoms with Crippen LogP contribution in [0.15, 0.2) is 42.5 Å². The van der Waals surface area contributed by atoms with Gasteiger partial charge < -0.3 is 4.74 Å². The van der Waals surface area contributed by atoms with Crippen molar-refractivity contribution in [2.75, 3.05) is 7.11 Å². The van der Waals surface area contributed by atoms with Crippen LogP contribution in [0.1, 0.15) is 29.2 Å². The second-order valence-electron chi connectivity index (χ2n) is 4.63. The Kier molecular flexibility index (Phi) is 4.86. The largest absolute Gasteiger partial charge is 0.496 e. The Bertz CT molecular complexity index is 531. The smallest absolute Gasteiger partial charge is 0.123 e. The normalized spacial score (nSPS) is 10.5. The molecule has 0 unspecified atom stereocenters. The van der Waals surface area contributed by atoms with Crippen LogP contribution in [0.2, 0.25) is 0 Å². The molecule has 0 fully saturated rings. The minimum Gasteiger partial charge on any atom is -0.496 e. The highest BCUT2D eigenvalue weighted by Crippen LogP contribution is 2.23. The molecule has 0 spiro atoms. The molecule has 0 saturated heterocycles. The van der Waals surface area contributed by atoms with Crippen molar-refractivity contribution in [2.24, 2.45) is 0 Å². The first-order chi connectivity index (χ1) is 9.26. The fourth-order valence-corrected chi connectivity index (χ4v) is 2.38. The second kappa shape index (κ2) is 6.63. The summed E-state index contributed by atoms with van der Waals surface area (Å²) < 4.78 is 5.29. The van der Waals surface area contributed by atoms with Crippen molar-refractivity contribution in [2.45, 2.75) is 25.6 Å². The molecule has 0 saturated carbocycles. The molecule has 0 radical (unpaired) electrons. The summed E-state index contributed by atoms with van der Waals surface area (Å²) in [5.41, 5.74) is 5.01. The zero-order valence-corrected chi connectivity index (χ0v) is 12.2. The molecule has 2 rings (SSSR count). The minimum atomic E-state index is 0.478. The molecular formula is C17H19ClO. The number of hydrogen-bond donors (Lipinski definition) is 0. The van der Waals surface area contributed by atoms with Gasteiger partial charge in [-0.2, -0.15) is 0 Å². The van der Waals surface area contributed by atoms with E-state index in [0.29, 0.717) is 5.88 Å². The maximum atomic E-state index is 5.95. The molecule has 2 aromatic carbocycles. The molecule has 100 valence electrons. The van der Waals surface area contributed by atoms with Crippen molar-refractivity contribution in [3.05, 3.63) is 64.7 Å². The van der Waals surface area contributed by atoms with Crippen LogP contribution in [0, 0.1) is 0 Å². The molecule has 2 aromatic rings. The highest BCUT2D eigenvalue weighted by Gasteiger charge is 2.04. The van der Waals surface area contributed by atoms with E-state index < -0.39 is 0 Å². The van der Waals surface area contributed by atoms with Gasteiger partial charge in [-0.15, -0.1) is 11.6 Å². The van der Waals surface area contributed by atoms with Crippen LogP contribution in [0.5, 0.6) is 5.75 Å². The van der Waals surface area contributed by atoms with Crippen molar-refractivity contribution in [3.63, 3.8) is 0 Å². The molecular weight excluding hydrogens is 256 g/mol. The van der Waals surface area contributed by atoms with Crippen molar-refractivity contribution in [3.8, 4) is 5.75 Å². The van der Waals surface area contributed by atoms with Crippen LogP contribution in [0.3, 0.4) is 0 Å². The Morgan fingerprint density at radius 2 is 1.58 bits per heavy atom. The second-order valence-corrected chi connectivity index (χ2v) is 4.89. The number of ether oxygens (including phenoxy) is 1. The van der Waals surface area contributed by atoms with Gasteiger partial charge in [-0.25, -0.2) is 0 Å². The van der Waals surface area contributed by atoms with Gasteiger partial charge in [-0.3, -0.25) is 0 Å². The van der Waals surface area contributed by atoms with Crippen molar-refractivity contribution < 1.29 is 4.74 Å². The lowest BCUT2D eigenvalue weighted by Crippen LogP contribution is -1.94. The highest BCUT2D eigenvalue weighted by molar-refractivity contribution is 6.17. The topological polar surface area (TPSA) is 9.23 Å². The molecule has 2 heteroatoms. The maximum Gasteiger partial charge on any atom is 0.123 e. The quantitative estimate of drug-likeness (QED) is 0.725. The zero-order chi connectivity index (χ0) is 13.7. The van der Waals surface area contributed by atoms with Gasteiger partial charge in [0.25, 0.3) is 0 Å². The van der Waals surface area contributed by atoms with E-state index in [4.69, 9.17) is 16.3 Å². The van der Waals surface area contributed by atoms with Crippen LogP contribution in [0.4, 0.5) is 0 Å². The number of rotatable bonds is 5. The Morgan fingerprint density at radius 3 is 2.16 bits per heavy atom. The molecule has 0 bridgehead atoms. The summed E-state index contributed by atoms with van der Waals surface area (Å²) in [6.45, 7) is 2.17. The summed E-state index contributed by atoms with van der Waals surface area (Å²) in [6, 6.07) is 15.0. The maximum absolute atomic E-state index is 5.95. The van der Waals surface area contributed by atoms with Crippen molar-refractivity contribution in [1.82, 2.24) is 0 Å². The van der Waals surface area contributed by atoms with Crippen molar-refractivity contribution >= 4 is 11.6 Å². The first-order valence-electron chi connectivity index (χ1n) is 6.56. The number of alkyl halides is 1. The molecule has 19 heavy (non-hydrogen) atoms. The molecule has 1 nitrogen and oxygen atoms in total. The van der Waals surface area contributed by atoms with E-state index in [1.165, 1.54) is 16.7 Å². The third-order valence-corrected chi connectivity index (χ3v) is 3.62. The number of halogens is 1. The van der Waals surface area contributed by atoms with Gasteiger partial charge in [-0.1, -0.05) is 43.3 Å². The van der Waals surface area contributed by atoms with Gasteiger partial charge in [-0.05, 0) is 35.6 Å². The van der Waals surface area contributed by atoms with E-state index in [9.17, 15) is 0 Å². The van der Waals surface area contributed by atoms with Crippen LogP contribution in [-0.2, 0) is 18.7 Å². The van der Waals surface area contributed by atoms with Gasteiger partial charge >= 0.3 is 0 Å². The highest BCUT2D eigenvalue weighted by atomic mass is 35.5. The first kappa shape index (κ1) is 14.0. The lowest BCUT2D eigenvalue weighted by Gasteiger charge is -2.09. The van der Waals surface area contributed by atoms with E-state index in [1.54, 1.807) is 7.11 Å². The van der Waals surface area contributed by atoms with Crippen LogP contribution in [-0.4, -0.2) is 7.11 Å². The summed E-state index contributed by atoms with van der Waals surface area (Å²) in [5, 5.41) is 0. The number of aryl methyl sites for hydroxylation is 1. The Balaban J connectivity index is 2.18. The van der Waals surface area contributed by atoms with Crippen LogP contribution in [0.25, 0.3) is 0 Å². The Morgan fingerprint density at radius 1 is 0.947 bits per heavy atom. The van der Waals surface area contributed by atoms with Crippen LogP contribution >= 0.6 is 11.6 Å². The summed E-state index contributed by atoms with van der Waals surface area (Å²) in [7, 11) is 1.68. The average Bonchev–Trinajstić information content (AvgIpc) is 2.48. The molecule has 0 aliphatic carbocycles. The van der Waals surface area contributed by atoms with Gasteiger partial charge in [0.2, 0.25) is 0 Å². The lowest BCUT2D eigenvalue weighted by atomic mass is 10.0. The third-order valence-electron chi connectivity index (χ3n) is 3.33. The van der Waals surface area contributed by atoms with Gasteiger partial charge in [0, 0.05) is 5.56 Å². The van der Waals surface area contributed by atoms with Crippen LogP contribution < -0.4 is 4.74 Å². The van der Waals surface area contributed by atoms with Crippen molar-refractivity contribution in [1.29, 1.82) is 0 Å². The fraction of sp³-hybridized carbons (Fsp3) is 0.294. The summed E-state index contributed by atoms with van der Waals surface area (Å²) in [4.78, 5) is 0. The summed E-state index contributed by atoms with van der Waals surface area (Å²) in [5.74, 6) is 1.34. The number of methoxy groups -OCH3 is 1. The number of benzene rings is 2.